The fourth-order valence-electron chi connectivity index (χ4n) is 2.62. The standard InChI is InChI=1S/C17H24ClN3O2/c1-12-8-10-19-11-15(12)21-16(22)3-2-9-20-17(23)13-4-6-14(18)7-5-13/h4-7,12,15,19H,2-3,8-11H2,1H3,(H,20,23)(H,21,22). The summed E-state index contributed by atoms with van der Waals surface area (Å²) in [7, 11) is 0. The Morgan fingerprint density at radius 1 is 1.30 bits per heavy atom. The van der Waals surface area contributed by atoms with Gasteiger partial charge in [-0.1, -0.05) is 18.5 Å². The van der Waals surface area contributed by atoms with Gasteiger partial charge in [0.15, 0.2) is 0 Å². The lowest BCUT2D eigenvalue weighted by Crippen LogP contribution is -2.50. The summed E-state index contributed by atoms with van der Waals surface area (Å²) in [6.45, 7) is 4.50. The van der Waals surface area contributed by atoms with Crippen LogP contribution in [0.15, 0.2) is 24.3 Å². The molecule has 0 bridgehead atoms. The van der Waals surface area contributed by atoms with Crippen LogP contribution in [0.25, 0.3) is 0 Å². The molecule has 0 aromatic heterocycles. The maximum atomic E-state index is 11.9. The molecule has 1 saturated heterocycles. The number of rotatable bonds is 6. The molecule has 5 nitrogen and oxygen atoms in total. The lowest BCUT2D eigenvalue weighted by Gasteiger charge is -2.30. The van der Waals surface area contributed by atoms with E-state index in [-0.39, 0.29) is 17.9 Å². The molecule has 1 aromatic carbocycles. The van der Waals surface area contributed by atoms with Crippen LogP contribution >= 0.6 is 11.6 Å². The Labute approximate surface area is 142 Å². The zero-order valence-corrected chi connectivity index (χ0v) is 14.2. The van der Waals surface area contributed by atoms with Gasteiger partial charge in [0.1, 0.15) is 0 Å². The van der Waals surface area contributed by atoms with Crippen molar-refractivity contribution in [2.75, 3.05) is 19.6 Å². The molecule has 1 fully saturated rings. The molecule has 0 radical (unpaired) electrons. The minimum absolute atomic E-state index is 0.0475. The molecule has 2 amide bonds. The second-order valence-electron chi connectivity index (χ2n) is 6.01. The van der Waals surface area contributed by atoms with Crippen molar-refractivity contribution in [3.63, 3.8) is 0 Å². The van der Waals surface area contributed by atoms with Gasteiger partial charge in [0.25, 0.3) is 5.91 Å². The van der Waals surface area contributed by atoms with Crippen LogP contribution in [0.1, 0.15) is 36.5 Å². The zero-order chi connectivity index (χ0) is 16.7. The van der Waals surface area contributed by atoms with Crippen LogP contribution in [0.3, 0.4) is 0 Å². The summed E-state index contributed by atoms with van der Waals surface area (Å²) >= 11 is 5.79. The molecular formula is C17H24ClN3O2. The van der Waals surface area contributed by atoms with Crippen molar-refractivity contribution in [3.05, 3.63) is 34.9 Å². The molecule has 3 N–H and O–H groups in total. The van der Waals surface area contributed by atoms with Gasteiger partial charge in [-0.3, -0.25) is 9.59 Å². The highest BCUT2D eigenvalue weighted by atomic mass is 35.5. The Hall–Kier alpha value is -1.59. The van der Waals surface area contributed by atoms with Crippen LogP contribution in [0, 0.1) is 5.92 Å². The van der Waals surface area contributed by atoms with Gasteiger partial charge >= 0.3 is 0 Å². The fourth-order valence-corrected chi connectivity index (χ4v) is 2.74. The molecule has 2 atom stereocenters. The van der Waals surface area contributed by atoms with Crippen molar-refractivity contribution >= 4 is 23.4 Å². The highest BCUT2D eigenvalue weighted by molar-refractivity contribution is 6.30. The number of benzene rings is 1. The van der Waals surface area contributed by atoms with E-state index >= 15 is 0 Å². The molecule has 1 aliphatic heterocycles. The number of amides is 2. The molecule has 2 rings (SSSR count). The summed E-state index contributed by atoms with van der Waals surface area (Å²) in [5.41, 5.74) is 0.570. The van der Waals surface area contributed by atoms with E-state index in [4.69, 9.17) is 11.6 Å². The van der Waals surface area contributed by atoms with Crippen molar-refractivity contribution in [1.29, 1.82) is 0 Å². The van der Waals surface area contributed by atoms with Crippen molar-refractivity contribution in [2.24, 2.45) is 5.92 Å². The third-order valence-electron chi connectivity index (χ3n) is 4.15. The molecule has 1 aliphatic rings. The number of halogens is 1. The van der Waals surface area contributed by atoms with Crippen LogP contribution < -0.4 is 16.0 Å². The number of hydrogen-bond acceptors (Lipinski definition) is 3. The van der Waals surface area contributed by atoms with Gasteiger partial charge in [0, 0.05) is 36.1 Å². The highest BCUT2D eigenvalue weighted by Crippen LogP contribution is 2.11. The highest BCUT2D eigenvalue weighted by Gasteiger charge is 2.22. The van der Waals surface area contributed by atoms with E-state index in [9.17, 15) is 9.59 Å². The first kappa shape index (κ1) is 17.8. The van der Waals surface area contributed by atoms with E-state index in [2.05, 4.69) is 22.9 Å². The average Bonchev–Trinajstić information content (AvgIpc) is 2.54. The summed E-state index contributed by atoms with van der Waals surface area (Å²) in [6.07, 6.45) is 2.13. The van der Waals surface area contributed by atoms with Crippen molar-refractivity contribution in [3.8, 4) is 0 Å². The Kier molecular flexibility index (Phi) is 6.86. The third-order valence-corrected chi connectivity index (χ3v) is 4.40. The van der Waals surface area contributed by atoms with Gasteiger partial charge in [-0.2, -0.15) is 0 Å². The molecule has 2 unspecified atom stereocenters. The van der Waals surface area contributed by atoms with Gasteiger partial charge in [-0.05, 0) is 49.6 Å². The van der Waals surface area contributed by atoms with Crippen LogP contribution in [0.4, 0.5) is 0 Å². The summed E-state index contributed by atoms with van der Waals surface area (Å²) in [6, 6.07) is 6.94. The Bertz CT molecular complexity index is 533. The van der Waals surface area contributed by atoms with E-state index in [1.54, 1.807) is 24.3 Å². The summed E-state index contributed by atoms with van der Waals surface area (Å²) in [5, 5.41) is 9.77. The summed E-state index contributed by atoms with van der Waals surface area (Å²) in [5.74, 6) is 0.406. The molecule has 6 heteroatoms. The zero-order valence-electron chi connectivity index (χ0n) is 13.4. The summed E-state index contributed by atoms with van der Waals surface area (Å²) in [4.78, 5) is 23.8. The Morgan fingerprint density at radius 2 is 2.04 bits per heavy atom. The van der Waals surface area contributed by atoms with E-state index < -0.39 is 0 Å². The fraction of sp³-hybridized carbons (Fsp3) is 0.529. The van der Waals surface area contributed by atoms with Gasteiger partial charge in [0.05, 0.1) is 0 Å². The van der Waals surface area contributed by atoms with Gasteiger partial charge in [-0.15, -0.1) is 0 Å². The molecule has 0 aliphatic carbocycles. The smallest absolute Gasteiger partial charge is 0.251 e. The predicted molar refractivity (Wildman–Crippen MR) is 91.6 cm³/mol. The van der Waals surface area contributed by atoms with Gasteiger partial charge < -0.3 is 16.0 Å². The number of nitrogens with one attached hydrogen (secondary N) is 3. The summed E-state index contributed by atoms with van der Waals surface area (Å²) < 4.78 is 0. The second kappa shape index (κ2) is 8.89. The van der Waals surface area contributed by atoms with E-state index in [0.717, 1.165) is 19.5 Å². The Balaban J connectivity index is 1.63. The lowest BCUT2D eigenvalue weighted by molar-refractivity contribution is -0.122. The molecule has 126 valence electrons. The molecule has 0 spiro atoms. The number of piperidine rings is 1. The predicted octanol–water partition coefficient (Wildman–Crippen LogP) is 1.96. The minimum Gasteiger partial charge on any atom is -0.352 e. The topological polar surface area (TPSA) is 70.2 Å². The van der Waals surface area contributed by atoms with Crippen LogP contribution in [-0.2, 0) is 4.79 Å². The second-order valence-corrected chi connectivity index (χ2v) is 6.45. The molecule has 0 saturated carbocycles. The average molecular weight is 338 g/mol. The molecular weight excluding hydrogens is 314 g/mol. The Morgan fingerprint density at radius 3 is 2.74 bits per heavy atom. The normalized spacial score (nSPS) is 20.8. The largest absolute Gasteiger partial charge is 0.352 e. The first-order valence-corrected chi connectivity index (χ1v) is 8.48. The first-order valence-electron chi connectivity index (χ1n) is 8.10. The minimum atomic E-state index is -0.146. The van der Waals surface area contributed by atoms with Gasteiger partial charge in [0.2, 0.25) is 5.91 Å². The number of carbonyl (C=O) groups excluding carboxylic acids is 2. The quantitative estimate of drug-likeness (QED) is 0.695. The van der Waals surface area contributed by atoms with E-state index in [1.807, 2.05) is 0 Å². The monoisotopic (exact) mass is 337 g/mol. The van der Waals surface area contributed by atoms with Crippen molar-refractivity contribution in [1.82, 2.24) is 16.0 Å². The number of hydrogen-bond donors (Lipinski definition) is 3. The molecule has 1 aromatic rings. The van der Waals surface area contributed by atoms with Gasteiger partial charge in [-0.25, -0.2) is 0 Å². The third kappa shape index (κ3) is 5.84. The maximum Gasteiger partial charge on any atom is 0.251 e. The van der Waals surface area contributed by atoms with E-state index in [0.29, 0.717) is 35.9 Å². The maximum absolute atomic E-state index is 11.9. The SMILES string of the molecule is CC1CCNCC1NC(=O)CCCNC(=O)c1ccc(Cl)cc1. The van der Waals surface area contributed by atoms with Crippen LogP contribution in [0.5, 0.6) is 0 Å². The number of carbonyl (C=O) groups is 2. The molecule has 23 heavy (non-hydrogen) atoms. The first-order chi connectivity index (χ1) is 11.1. The van der Waals surface area contributed by atoms with Crippen molar-refractivity contribution < 1.29 is 9.59 Å². The van der Waals surface area contributed by atoms with Crippen molar-refractivity contribution in [2.45, 2.75) is 32.2 Å². The lowest BCUT2D eigenvalue weighted by atomic mass is 9.95. The van der Waals surface area contributed by atoms with Crippen LogP contribution in [0.2, 0.25) is 5.02 Å². The van der Waals surface area contributed by atoms with Crippen LogP contribution in [-0.4, -0.2) is 37.5 Å². The van der Waals surface area contributed by atoms with E-state index in [1.165, 1.54) is 0 Å². The molecule has 1 heterocycles.